The van der Waals surface area contributed by atoms with Gasteiger partial charge in [0.25, 0.3) is 5.91 Å². The van der Waals surface area contributed by atoms with Crippen molar-refractivity contribution >= 4 is 17.2 Å². The standard InChI is InChI=1S/C24H26N2O2S/c1-2-28-22-9-7-19(8-10-22)24(27)25-15-23(21-12-14-29-17-21)26-13-11-18-5-3-4-6-20(18)16-26/h3-10,12,14,17,23H,2,11,13,15-16H2,1H3,(H,25,27). The van der Waals surface area contributed by atoms with Crippen molar-refractivity contribution in [1.29, 1.82) is 0 Å². The SMILES string of the molecule is CCOc1ccc(C(=O)NCC(c2ccsc2)N2CCc3ccccc3C2)cc1. The summed E-state index contributed by atoms with van der Waals surface area (Å²) < 4.78 is 5.46. The third kappa shape index (κ3) is 4.69. The number of hydrogen-bond acceptors (Lipinski definition) is 4. The highest BCUT2D eigenvalue weighted by Crippen LogP contribution is 2.28. The monoisotopic (exact) mass is 406 g/mol. The number of amides is 1. The molecule has 0 spiro atoms. The van der Waals surface area contributed by atoms with Crippen molar-refractivity contribution in [2.24, 2.45) is 0 Å². The van der Waals surface area contributed by atoms with Gasteiger partial charge in [-0.1, -0.05) is 24.3 Å². The molecule has 1 unspecified atom stereocenters. The maximum absolute atomic E-state index is 12.7. The molecule has 0 fully saturated rings. The third-order valence-electron chi connectivity index (χ3n) is 5.41. The molecule has 1 amide bonds. The van der Waals surface area contributed by atoms with Gasteiger partial charge in [0, 0.05) is 25.2 Å². The highest BCUT2D eigenvalue weighted by Gasteiger charge is 2.25. The van der Waals surface area contributed by atoms with E-state index in [9.17, 15) is 4.79 Å². The van der Waals surface area contributed by atoms with Gasteiger partial charge in [0.2, 0.25) is 0 Å². The van der Waals surface area contributed by atoms with Crippen molar-refractivity contribution < 1.29 is 9.53 Å². The smallest absolute Gasteiger partial charge is 0.251 e. The molecule has 4 rings (SSSR count). The largest absolute Gasteiger partial charge is 0.494 e. The van der Waals surface area contributed by atoms with Gasteiger partial charge in [0.05, 0.1) is 12.6 Å². The molecule has 3 aromatic rings. The number of fused-ring (bicyclic) bond motifs is 1. The number of ether oxygens (including phenoxy) is 1. The van der Waals surface area contributed by atoms with Crippen molar-refractivity contribution in [2.45, 2.75) is 25.9 Å². The van der Waals surface area contributed by atoms with Gasteiger partial charge in [0.15, 0.2) is 0 Å². The Bertz CT molecular complexity index is 938. The summed E-state index contributed by atoms with van der Waals surface area (Å²) in [6, 6.07) is 18.3. The van der Waals surface area contributed by atoms with E-state index in [1.807, 2.05) is 31.2 Å². The van der Waals surface area contributed by atoms with Crippen molar-refractivity contribution in [3.8, 4) is 5.75 Å². The van der Waals surface area contributed by atoms with E-state index < -0.39 is 0 Å². The van der Waals surface area contributed by atoms with Crippen LogP contribution in [-0.4, -0.2) is 30.5 Å². The van der Waals surface area contributed by atoms with Crippen LogP contribution in [0.15, 0.2) is 65.4 Å². The number of carbonyl (C=O) groups is 1. The summed E-state index contributed by atoms with van der Waals surface area (Å²) in [4.78, 5) is 15.2. The number of benzene rings is 2. The van der Waals surface area contributed by atoms with Gasteiger partial charge < -0.3 is 10.1 Å². The first kappa shape index (κ1) is 19.7. The zero-order valence-electron chi connectivity index (χ0n) is 16.6. The van der Waals surface area contributed by atoms with Gasteiger partial charge in [0.1, 0.15) is 5.75 Å². The summed E-state index contributed by atoms with van der Waals surface area (Å²) in [7, 11) is 0. The average Bonchev–Trinajstić information content (AvgIpc) is 3.29. The van der Waals surface area contributed by atoms with Crippen LogP contribution in [0, 0.1) is 0 Å². The van der Waals surface area contributed by atoms with E-state index in [1.54, 1.807) is 11.3 Å². The molecule has 1 aromatic heterocycles. The summed E-state index contributed by atoms with van der Waals surface area (Å²) in [5.41, 5.74) is 4.74. The van der Waals surface area contributed by atoms with Gasteiger partial charge in [-0.3, -0.25) is 9.69 Å². The molecule has 1 atom stereocenters. The first-order chi connectivity index (χ1) is 14.2. The molecule has 2 aromatic carbocycles. The fraction of sp³-hybridized carbons (Fsp3) is 0.292. The average molecular weight is 407 g/mol. The highest BCUT2D eigenvalue weighted by atomic mass is 32.1. The van der Waals surface area contributed by atoms with Crippen LogP contribution in [0.2, 0.25) is 0 Å². The Morgan fingerprint density at radius 1 is 1.14 bits per heavy atom. The lowest BCUT2D eigenvalue weighted by Gasteiger charge is -2.35. The molecular weight excluding hydrogens is 380 g/mol. The number of thiophene rings is 1. The van der Waals surface area contributed by atoms with Crippen molar-refractivity contribution in [3.05, 3.63) is 87.6 Å². The third-order valence-corrected chi connectivity index (χ3v) is 6.11. The maximum Gasteiger partial charge on any atom is 0.251 e. The van der Waals surface area contributed by atoms with E-state index in [0.29, 0.717) is 18.7 Å². The number of nitrogens with zero attached hydrogens (tertiary/aromatic N) is 1. The zero-order chi connectivity index (χ0) is 20.1. The molecule has 0 radical (unpaired) electrons. The van der Waals surface area contributed by atoms with Crippen LogP contribution in [0.25, 0.3) is 0 Å². The summed E-state index contributed by atoms with van der Waals surface area (Å²) in [6.45, 7) is 5.06. The maximum atomic E-state index is 12.7. The predicted octanol–water partition coefficient (Wildman–Crippen LogP) is 4.68. The first-order valence-electron chi connectivity index (χ1n) is 10.1. The lowest BCUT2D eigenvalue weighted by Crippen LogP contribution is -2.40. The fourth-order valence-corrected chi connectivity index (χ4v) is 4.57. The van der Waals surface area contributed by atoms with Crippen LogP contribution in [0.1, 0.15) is 40.0 Å². The second-order valence-corrected chi connectivity index (χ2v) is 8.01. The van der Waals surface area contributed by atoms with E-state index >= 15 is 0 Å². The number of rotatable bonds is 7. The van der Waals surface area contributed by atoms with Crippen LogP contribution in [-0.2, 0) is 13.0 Å². The van der Waals surface area contributed by atoms with Crippen LogP contribution < -0.4 is 10.1 Å². The molecule has 0 saturated carbocycles. The van der Waals surface area contributed by atoms with Gasteiger partial charge >= 0.3 is 0 Å². The van der Waals surface area contributed by atoms with Gasteiger partial charge in [-0.2, -0.15) is 11.3 Å². The van der Waals surface area contributed by atoms with E-state index in [1.165, 1.54) is 16.7 Å². The summed E-state index contributed by atoms with van der Waals surface area (Å²) in [5, 5.41) is 7.44. The molecule has 1 aliphatic heterocycles. The minimum atomic E-state index is -0.0503. The van der Waals surface area contributed by atoms with Crippen molar-refractivity contribution in [1.82, 2.24) is 10.2 Å². The van der Waals surface area contributed by atoms with Crippen molar-refractivity contribution in [3.63, 3.8) is 0 Å². The summed E-state index contributed by atoms with van der Waals surface area (Å²) >= 11 is 1.70. The quantitative estimate of drug-likeness (QED) is 0.620. The Morgan fingerprint density at radius 2 is 1.93 bits per heavy atom. The van der Waals surface area contributed by atoms with Gasteiger partial charge in [-0.25, -0.2) is 0 Å². The molecule has 0 aliphatic carbocycles. The molecule has 29 heavy (non-hydrogen) atoms. The molecule has 2 heterocycles. The second kappa shape index (κ2) is 9.25. The Labute approximate surface area is 176 Å². The van der Waals surface area contributed by atoms with Crippen LogP contribution in [0.3, 0.4) is 0 Å². The van der Waals surface area contributed by atoms with E-state index in [0.717, 1.165) is 25.3 Å². The van der Waals surface area contributed by atoms with E-state index in [4.69, 9.17) is 4.74 Å². The summed E-state index contributed by atoms with van der Waals surface area (Å²) in [6.07, 6.45) is 1.05. The Hall–Kier alpha value is -2.63. The fourth-order valence-electron chi connectivity index (χ4n) is 3.87. The van der Waals surface area contributed by atoms with Crippen LogP contribution in [0.5, 0.6) is 5.75 Å². The number of nitrogens with one attached hydrogen (secondary N) is 1. The Kier molecular flexibility index (Phi) is 6.27. The molecule has 1 N–H and O–H groups in total. The summed E-state index contributed by atoms with van der Waals surface area (Å²) in [5.74, 6) is 0.734. The minimum Gasteiger partial charge on any atom is -0.494 e. The second-order valence-electron chi connectivity index (χ2n) is 7.23. The Morgan fingerprint density at radius 3 is 2.66 bits per heavy atom. The zero-order valence-corrected chi connectivity index (χ0v) is 17.5. The minimum absolute atomic E-state index is 0.0503. The lowest BCUT2D eigenvalue weighted by molar-refractivity contribution is 0.0928. The number of carbonyl (C=O) groups excluding carboxylic acids is 1. The van der Waals surface area contributed by atoms with Gasteiger partial charge in [-0.05, 0) is 71.1 Å². The van der Waals surface area contributed by atoms with Crippen LogP contribution >= 0.6 is 11.3 Å². The molecule has 5 heteroatoms. The molecule has 4 nitrogen and oxygen atoms in total. The molecule has 0 saturated heterocycles. The van der Waals surface area contributed by atoms with Crippen molar-refractivity contribution in [2.75, 3.05) is 19.7 Å². The number of hydrogen-bond donors (Lipinski definition) is 1. The molecule has 1 aliphatic rings. The lowest BCUT2D eigenvalue weighted by atomic mass is 9.97. The van der Waals surface area contributed by atoms with E-state index in [2.05, 4.69) is 51.3 Å². The van der Waals surface area contributed by atoms with Crippen LogP contribution in [0.4, 0.5) is 0 Å². The Balaban J connectivity index is 1.45. The molecule has 0 bridgehead atoms. The van der Waals surface area contributed by atoms with E-state index in [-0.39, 0.29) is 11.9 Å². The first-order valence-corrected chi connectivity index (χ1v) is 11.0. The normalized spacial score (nSPS) is 14.8. The topological polar surface area (TPSA) is 41.6 Å². The highest BCUT2D eigenvalue weighted by molar-refractivity contribution is 7.07. The van der Waals surface area contributed by atoms with Gasteiger partial charge in [-0.15, -0.1) is 0 Å². The molecule has 150 valence electrons. The molecular formula is C24H26N2O2S. The predicted molar refractivity (Wildman–Crippen MR) is 118 cm³/mol.